The van der Waals surface area contributed by atoms with E-state index in [4.69, 9.17) is 9.47 Å². The van der Waals surface area contributed by atoms with Crippen molar-refractivity contribution in [3.05, 3.63) is 0 Å². The second kappa shape index (κ2) is 4.67. The van der Waals surface area contributed by atoms with Gasteiger partial charge in [0.2, 0.25) is 0 Å². The highest BCUT2D eigenvalue weighted by Gasteiger charge is 2.49. The van der Waals surface area contributed by atoms with Gasteiger partial charge >= 0.3 is 11.9 Å². The molecule has 1 aliphatic rings. The van der Waals surface area contributed by atoms with Crippen molar-refractivity contribution < 1.29 is 18.7 Å². The van der Waals surface area contributed by atoms with Crippen molar-refractivity contribution in [2.45, 2.75) is 45.2 Å². The van der Waals surface area contributed by atoms with Crippen molar-refractivity contribution in [3.8, 4) is 0 Å². The maximum Gasteiger partial charge on any atom is 0.389 e. The summed E-state index contributed by atoms with van der Waals surface area (Å²) < 4.78 is 24.1. The van der Waals surface area contributed by atoms with E-state index in [1.54, 1.807) is 20.8 Å². The second-order valence-corrected chi connectivity index (χ2v) is 4.96. The number of likely N-dealkylation sites (tertiary alicyclic amines) is 1. The number of carbonyl (C=O) groups is 1. The molecule has 1 atom stereocenters. The third-order valence-corrected chi connectivity index (χ3v) is 2.43. The van der Waals surface area contributed by atoms with Gasteiger partial charge in [-0.15, -0.1) is 0 Å². The molecule has 0 aromatic carbocycles. The second-order valence-electron chi connectivity index (χ2n) is 4.96. The SMILES string of the molecule is COC(F)(C(=O)OC(C)(C)C)N1CCCC1. The summed E-state index contributed by atoms with van der Waals surface area (Å²) in [7, 11) is 1.18. The smallest absolute Gasteiger partial charge is 0.389 e. The van der Waals surface area contributed by atoms with E-state index < -0.39 is 17.5 Å². The lowest BCUT2D eigenvalue weighted by Gasteiger charge is -2.32. The summed E-state index contributed by atoms with van der Waals surface area (Å²) in [4.78, 5) is 13.1. The van der Waals surface area contributed by atoms with Gasteiger partial charge in [0.15, 0.2) is 0 Å². The average Bonchev–Trinajstić information content (AvgIpc) is 2.66. The van der Waals surface area contributed by atoms with Gasteiger partial charge in [-0.05, 0) is 33.6 Å². The minimum Gasteiger partial charge on any atom is -0.455 e. The van der Waals surface area contributed by atoms with E-state index in [0.29, 0.717) is 13.1 Å². The van der Waals surface area contributed by atoms with Gasteiger partial charge in [0.1, 0.15) is 5.60 Å². The standard InChI is InChI=1S/C11H20FNO3/c1-10(2,3)16-9(14)11(12,15-4)13-7-5-6-8-13/h5-8H2,1-4H3. The lowest BCUT2D eigenvalue weighted by Crippen LogP contribution is -2.53. The maximum atomic E-state index is 14.4. The van der Waals surface area contributed by atoms with Gasteiger partial charge in [0, 0.05) is 20.2 Å². The predicted octanol–water partition coefficient (Wildman–Crippen LogP) is 1.69. The van der Waals surface area contributed by atoms with Gasteiger partial charge in [-0.1, -0.05) is 0 Å². The molecule has 1 unspecified atom stereocenters. The minimum absolute atomic E-state index is 0.517. The number of methoxy groups -OCH3 is 1. The Hall–Kier alpha value is -0.680. The first kappa shape index (κ1) is 13.4. The van der Waals surface area contributed by atoms with E-state index in [0.717, 1.165) is 12.8 Å². The zero-order valence-corrected chi connectivity index (χ0v) is 10.4. The molecule has 1 rings (SSSR count). The van der Waals surface area contributed by atoms with Crippen molar-refractivity contribution in [2.24, 2.45) is 0 Å². The van der Waals surface area contributed by atoms with Crippen LogP contribution in [0.15, 0.2) is 0 Å². The summed E-state index contributed by atoms with van der Waals surface area (Å²) in [6.07, 6.45) is 1.75. The molecule has 1 fully saturated rings. The van der Waals surface area contributed by atoms with Crippen molar-refractivity contribution in [2.75, 3.05) is 20.2 Å². The normalized spacial score (nSPS) is 21.8. The highest BCUT2D eigenvalue weighted by molar-refractivity contribution is 5.77. The molecular weight excluding hydrogens is 213 g/mol. The fraction of sp³-hybridized carbons (Fsp3) is 0.909. The van der Waals surface area contributed by atoms with E-state index in [9.17, 15) is 9.18 Å². The number of nitrogens with zero attached hydrogens (tertiary/aromatic N) is 1. The Morgan fingerprint density at radius 1 is 1.25 bits per heavy atom. The quantitative estimate of drug-likeness (QED) is 0.549. The molecular formula is C11H20FNO3. The lowest BCUT2D eigenvalue weighted by atomic mass is 10.2. The van der Waals surface area contributed by atoms with Crippen LogP contribution in [0.4, 0.5) is 4.39 Å². The molecule has 0 radical (unpaired) electrons. The molecule has 94 valence electrons. The molecule has 0 spiro atoms. The van der Waals surface area contributed by atoms with Crippen LogP contribution in [-0.4, -0.2) is 42.6 Å². The Labute approximate surface area is 95.7 Å². The molecule has 4 nitrogen and oxygen atoms in total. The molecule has 0 amide bonds. The zero-order chi connectivity index (χ0) is 12.4. The number of halogens is 1. The molecule has 1 aliphatic heterocycles. The molecule has 0 aliphatic carbocycles. The van der Waals surface area contributed by atoms with Crippen LogP contribution in [0.25, 0.3) is 0 Å². The Kier molecular flexibility index (Phi) is 3.91. The van der Waals surface area contributed by atoms with E-state index in [-0.39, 0.29) is 0 Å². The summed E-state index contributed by atoms with van der Waals surface area (Å²) >= 11 is 0. The number of hydrogen-bond donors (Lipinski definition) is 0. The summed E-state index contributed by atoms with van der Waals surface area (Å²) in [5, 5.41) is 0. The molecule has 0 aromatic rings. The molecule has 1 heterocycles. The first-order valence-electron chi connectivity index (χ1n) is 5.52. The van der Waals surface area contributed by atoms with Crippen molar-refractivity contribution in [3.63, 3.8) is 0 Å². The molecule has 0 aromatic heterocycles. The summed E-state index contributed by atoms with van der Waals surface area (Å²) in [6.45, 7) is 6.13. The molecule has 16 heavy (non-hydrogen) atoms. The van der Waals surface area contributed by atoms with Crippen LogP contribution in [0.1, 0.15) is 33.6 Å². The van der Waals surface area contributed by atoms with Crippen LogP contribution in [0, 0.1) is 0 Å². The average molecular weight is 233 g/mol. The summed E-state index contributed by atoms with van der Waals surface area (Å²) in [5.41, 5.74) is -0.716. The van der Waals surface area contributed by atoms with E-state index >= 15 is 0 Å². The summed E-state index contributed by atoms with van der Waals surface area (Å²) in [6, 6.07) is 0. The molecule has 1 saturated heterocycles. The first-order valence-corrected chi connectivity index (χ1v) is 5.52. The Balaban J connectivity index is 2.74. The largest absolute Gasteiger partial charge is 0.455 e. The number of esters is 1. The third-order valence-electron chi connectivity index (χ3n) is 2.43. The zero-order valence-electron chi connectivity index (χ0n) is 10.4. The Bertz CT molecular complexity index is 258. The van der Waals surface area contributed by atoms with Crippen LogP contribution in [0.3, 0.4) is 0 Å². The van der Waals surface area contributed by atoms with Crippen molar-refractivity contribution in [1.82, 2.24) is 4.90 Å². The van der Waals surface area contributed by atoms with Gasteiger partial charge < -0.3 is 9.47 Å². The molecule has 0 N–H and O–H groups in total. The van der Waals surface area contributed by atoms with Crippen LogP contribution in [0.5, 0.6) is 0 Å². The van der Waals surface area contributed by atoms with Crippen LogP contribution in [-0.2, 0) is 14.3 Å². The maximum absolute atomic E-state index is 14.4. The highest BCUT2D eigenvalue weighted by atomic mass is 19.2. The van der Waals surface area contributed by atoms with Gasteiger partial charge in [0.05, 0.1) is 0 Å². The van der Waals surface area contributed by atoms with Crippen LogP contribution >= 0.6 is 0 Å². The van der Waals surface area contributed by atoms with E-state index in [1.807, 2.05) is 0 Å². The van der Waals surface area contributed by atoms with E-state index in [1.165, 1.54) is 12.0 Å². The Morgan fingerprint density at radius 2 is 1.75 bits per heavy atom. The van der Waals surface area contributed by atoms with Crippen molar-refractivity contribution in [1.29, 1.82) is 0 Å². The third kappa shape index (κ3) is 2.92. The topological polar surface area (TPSA) is 38.8 Å². The molecule has 0 saturated carbocycles. The number of rotatable bonds is 3. The van der Waals surface area contributed by atoms with Crippen LogP contribution in [0.2, 0.25) is 0 Å². The fourth-order valence-electron chi connectivity index (χ4n) is 1.69. The number of ether oxygens (including phenoxy) is 2. The van der Waals surface area contributed by atoms with Crippen molar-refractivity contribution >= 4 is 5.97 Å². The summed E-state index contributed by atoms with van der Waals surface area (Å²) in [5.74, 6) is -3.41. The molecule has 0 bridgehead atoms. The van der Waals surface area contributed by atoms with Gasteiger partial charge in [-0.25, -0.2) is 9.69 Å². The van der Waals surface area contributed by atoms with E-state index in [2.05, 4.69) is 0 Å². The predicted molar refractivity (Wildman–Crippen MR) is 57.5 cm³/mol. The number of hydrogen-bond acceptors (Lipinski definition) is 4. The first-order chi connectivity index (χ1) is 7.29. The van der Waals surface area contributed by atoms with Gasteiger partial charge in [0.25, 0.3) is 0 Å². The van der Waals surface area contributed by atoms with Crippen LogP contribution < -0.4 is 0 Å². The highest BCUT2D eigenvalue weighted by Crippen LogP contribution is 2.27. The Morgan fingerprint density at radius 3 is 2.12 bits per heavy atom. The number of alkyl halides is 1. The van der Waals surface area contributed by atoms with Gasteiger partial charge in [-0.3, -0.25) is 0 Å². The monoisotopic (exact) mass is 233 g/mol. The minimum atomic E-state index is -2.44. The number of carbonyl (C=O) groups excluding carboxylic acids is 1. The fourth-order valence-corrected chi connectivity index (χ4v) is 1.69. The van der Waals surface area contributed by atoms with Gasteiger partial charge in [-0.2, -0.15) is 4.39 Å². The molecule has 5 heteroatoms. The lowest BCUT2D eigenvalue weighted by molar-refractivity contribution is -0.247.